The van der Waals surface area contributed by atoms with Crippen molar-refractivity contribution >= 4 is 0 Å². The van der Waals surface area contributed by atoms with Crippen molar-refractivity contribution in [2.45, 2.75) is 25.8 Å². The van der Waals surface area contributed by atoms with Crippen molar-refractivity contribution in [3.63, 3.8) is 0 Å². The molecule has 1 aromatic heterocycles. The third-order valence-electron chi connectivity index (χ3n) is 2.60. The van der Waals surface area contributed by atoms with E-state index in [9.17, 15) is 0 Å². The molecule has 6 heteroatoms. The molecule has 0 aliphatic carbocycles. The molecule has 0 fully saturated rings. The van der Waals surface area contributed by atoms with Gasteiger partial charge in [0.25, 0.3) is 0 Å². The molecule has 3 N–H and O–H groups in total. The summed E-state index contributed by atoms with van der Waals surface area (Å²) >= 11 is 0. The van der Waals surface area contributed by atoms with E-state index in [0.717, 1.165) is 30.9 Å². The molecule has 0 aliphatic heterocycles. The van der Waals surface area contributed by atoms with Crippen LogP contribution >= 0.6 is 0 Å². The molecule has 0 aliphatic rings. The Balaban J connectivity index is 2.62. The first kappa shape index (κ1) is 14.0. The quantitative estimate of drug-likeness (QED) is 0.400. The molecule has 6 nitrogen and oxygen atoms in total. The maximum Gasteiger partial charge on any atom is 0.161 e. The summed E-state index contributed by atoms with van der Waals surface area (Å²) in [6.07, 6.45) is 3.49. The molecular formula is C11H22N4O2. The Labute approximate surface area is 102 Å². The monoisotopic (exact) mass is 242 g/mol. The summed E-state index contributed by atoms with van der Waals surface area (Å²) in [5.41, 5.74) is 3.72. The fraction of sp³-hybridized carbons (Fsp3) is 0.727. The predicted octanol–water partition coefficient (Wildman–Crippen LogP) is 0.750. The van der Waals surface area contributed by atoms with Crippen LogP contribution in [0.2, 0.25) is 0 Å². The molecule has 0 amide bonds. The van der Waals surface area contributed by atoms with Gasteiger partial charge in [-0.1, -0.05) is 6.92 Å². The number of nitrogens with one attached hydrogen (secondary N) is 1. The number of ether oxygens (including phenoxy) is 2. The van der Waals surface area contributed by atoms with Crippen molar-refractivity contribution in [2.75, 3.05) is 20.3 Å². The number of hydrogen-bond donors (Lipinski definition) is 2. The second-order valence-electron chi connectivity index (χ2n) is 3.84. The molecule has 1 heterocycles. The van der Waals surface area contributed by atoms with Gasteiger partial charge < -0.3 is 9.47 Å². The van der Waals surface area contributed by atoms with Crippen LogP contribution in [0.15, 0.2) is 6.20 Å². The maximum absolute atomic E-state index is 5.57. The third-order valence-corrected chi connectivity index (χ3v) is 2.60. The molecule has 0 spiro atoms. The van der Waals surface area contributed by atoms with Gasteiger partial charge in [-0.2, -0.15) is 5.10 Å². The van der Waals surface area contributed by atoms with E-state index in [1.54, 1.807) is 18.0 Å². The van der Waals surface area contributed by atoms with Crippen molar-refractivity contribution in [3.05, 3.63) is 11.9 Å². The van der Waals surface area contributed by atoms with Crippen molar-refractivity contribution in [1.82, 2.24) is 15.2 Å². The van der Waals surface area contributed by atoms with Crippen LogP contribution in [0, 0.1) is 0 Å². The average Bonchev–Trinajstić information content (AvgIpc) is 2.71. The van der Waals surface area contributed by atoms with Crippen molar-refractivity contribution in [3.8, 4) is 5.75 Å². The molecular weight excluding hydrogens is 220 g/mol. The molecule has 0 saturated heterocycles. The van der Waals surface area contributed by atoms with Crippen LogP contribution in [0.1, 0.15) is 31.5 Å². The fourth-order valence-corrected chi connectivity index (χ4v) is 1.73. The Hall–Kier alpha value is -1.11. The van der Waals surface area contributed by atoms with Crippen LogP contribution in [0.4, 0.5) is 0 Å². The van der Waals surface area contributed by atoms with Gasteiger partial charge in [0, 0.05) is 20.3 Å². The lowest BCUT2D eigenvalue weighted by molar-refractivity contribution is 0.123. The zero-order valence-electron chi connectivity index (χ0n) is 10.8. The largest absolute Gasteiger partial charge is 0.493 e. The standard InChI is InChI=1S/C11H22N4O2/c1-4-6-17-7-5-9(14-12)11-10(16-3)8-13-15(11)2/h8-9,14H,4-7,12H2,1-3H3. The molecule has 0 saturated carbocycles. The minimum Gasteiger partial charge on any atom is -0.493 e. The van der Waals surface area contributed by atoms with Crippen molar-refractivity contribution in [2.24, 2.45) is 12.9 Å². The van der Waals surface area contributed by atoms with Gasteiger partial charge in [0.1, 0.15) is 0 Å². The Morgan fingerprint density at radius 3 is 2.88 bits per heavy atom. The number of nitrogens with two attached hydrogens (primary N) is 1. The number of nitrogens with zero attached hydrogens (tertiary/aromatic N) is 2. The topological polar surface area (TPSA) is 74.3 Å². The smallest absolute Gasteiger partial charge is 0.161 e. The van der Waals surface area contributed by atoms with E-state index in [0.29, 0.717) is 6.61 Å². The molecule has 1 atom stereocenters. The van der Waals surface area contributed by atoms with E-state index in [-0.39, 0.29) is 6.04 Å². The summed E-state index contributed by atoms with van der Waals surface area (Å²) in [4.78, 5) is 0. The number of rotatable bonds is 8. The third kappa shape index (κ3) is 3.69. The molecule has 1 aromatic rings. The Morgan fingerprint density at radius 2 is 2.29 bits per heavy atom. The van der Waals surface area contributed by atoms with Crippen LogP contribution in [0.3, 0.4) is 0 Å². The second-order valence-corrected chi connectivity index (χ2v) is 3.84. The first-order valence-corrected chi connectivity index (χ1v) is 5.84. The van der Waals surface area contributed by atoms with Gasteiger partial charge >= 0.3 is 0 Å². The van der Waals surface area contributed by atoms with E-state index in [2.05, 4.69) is 17.4 Å². The number of hydrogen-bond acceptors (Lipinski definition) is 5. The average molecular weight is 242 g/mol. The Kier molecular flexibility index (Phi) is 5.96. The molecule has 1 unspecified atom stereocenters. The van der Waals surface area contributed by atoms with Crippen LogP contribution in [-0.4, -0.2) is 30.1 Å². The summed E-state index contributed by atoms with van der Waals surface area (Å²) < 4.78 is 12.5. The normalized spacial score (nSPS) is 12.7. The molecule has 0 radical (unpaired) electrons. The summed E-state index contributed by atoms with van der Waals surface area (Å²) in [7, 11) is 3.50. The highest BCUT2D eigenvalue weighted by atomic mass is 16.5. The van der Waals surface area contributed by atoms with E-state index in [1.165, 1.54) is 0 Å². The minimum atomic E-state index is -0.0192. The Morgan fingerprint density at radius 1 is 1.53 bits per heavy atom. The number of aromatic nitrogens is 2. The lowest BCUT2D eigenvalue weighted by atomic mass is 10.1. The van der Waals surface area contributed by atoms with Gasteiger partial charge in [0.2, 0.25) is 0 Å². The highest BCUT2D eigenvalue weighted by Crippen LogP contribution is 2.25. The summed E-state index contributed by atoms with van der Waals surface area (Å²) in [5.74, 6) is 6.31. The zero-order valence-corrected chi connectivity index (χ0v) is 10.8. The van der Waals surface area contributed by atoms with Crippen LogP contribution in [-0.2, 0) is 11.8 Å². The SMILES string of the molecule is CCCOCCC(NN)c1c(OC)cnn1C. The highest BCUT2D eigenvalue weighted by molar-refractivity contribution is 5.27. The lowest BCUT2D eigenvalue weighted by Crippen LogP contribution is -2.30. The van der Waals surface area contributed by atoms with Crippen LogP contribution in [0.5, 0.6) is 5.75 Å². The first-order valence-electron chi connectivity index (χ1n) is 5.84. The Bertz CT molecular complexity index is 327. The minimum absolute atomic E-state index is 0.0192. The van der Waals surface area contributed by atoms with Gasteiger partial charge in [-0.3, -0.25) is 16.0 Å². The van der Waals surface area contributed by atoms with Crippen molar-refractivity contribution in [1.29, 1.82) is 0 Å². The number of hydrazine groups is 1. The van der Waals surface area contributed by atoms with E-state index >= 15 is 0 Å². The summed E-state index contributed by atoms with van der Waals surface area (Å²) in [6.45, 7) is 3.53. The molecule has 1 rings (SSSR count). The molecule has 0 aromatic carbocycles. The zero-order chi connectivity index (χ0) is 12.7. The fourth-order valence-electron chi connectivity index (χ4n) is 1.73. The van der Waals surface area contributed by atoms with Crippen molar-refractivity contribution < 1.29 is 9.47 Å². The molecule has 17 heavy (non-hydrogen) atoms. The predicted molar refractivity (Wildman–Crippen MR) is 65.6 cm³/mol. The van der Waals surface area contributed by atoms with E-state index in [1.807, 2.05) is 7.05 Å². The first-order chi connectivity index (χ1) is 8.24. The van der Waals surface area contributed by atoms with Gasteiger partial charge in [-0.15, -0.1) is 0 Å². The number of methoxy groups -OCH3 is 1. The summed E-state index contributed by atoms with van der Waals surface area (Å²) in [5, 5.41) is 4.16. The van der Waals surface area contributed by atoms with E-state index < -0.39 is 0 Å². The number of aryl methyl sites for hydroxylation is 1. The van der Waals surface area contributed by atoms with Crippen LogP contribution < -0.4 is 16.0 Å². The van der Waals surface area contributed by atoms with Crippen LogP contribution in [0.25, 0.3) is 0 Å². The second kappa shape index (κ2) is 7.26. The molecule has 98 valence electrons. The van der Waals surface area contributed by atoms with Gasteiger partial charge in [-0.25, -0.2) is 0 Å². The molecule has 0 bridgehead atoms. The van der Waals surface area contributed by atoms with E-state index in [4.69, 9.17) is 15.3 Å². The van der Waals surface area contributed by atoms with Gasteiger partial charge in [-0.05, 0) is 12.8 Å². The maximum atomic E-state index is 5.57. The van der Waals surface area contributed by atoms with Gasteiger partial charge in [0.15, 0.2) is 5.75 Å². The highest BCUT2D eigenvalue weighted by Gasteiger charge is 2.19. The lowest BCUT2D eigenvalue weighted by Gasteiger charge is -2.17. The van der Waals surface area contributed by atoms with Gasteiger partial charge in [0.05, 0.1) is 25.0 Å². The summed E-state index contributed by atoms with van der Waals surface area (Å²) in [6, 6.07) is -0.0192.